The quantitative estimate of drug-likeness (QED) is 0.639. The predicted molar refractivity (Wildman–Crippen MR) is 44.1 cm³/mol. The summed E-state index contributed by atoms with van der Waals surface area (Å²) in [4.78, 5) is 3.80. The van der Waals surface area contributed by atoms with Crippen molar-refractivity contribution in [2.24, 2.45) is 0 Å². The molecule has 1 aromatic heterocycles. The van der Waals surface area contributed by atoms with Crippen molar-refractivity contribution in [3.8, 4) is 6.07 Å². The third-order valence-corrected chi connectivity index (χ3v) is 1.49. The van der Waals surface area contributed by atoms with Crippen LogP contribution >= 0.6 is 11.6 Å². The molecule has 0 aliphatic carbocycles. The molecule has 0 aliphatic heterocycles. The lowest BCUT2D eigenvalue weighted by Gasteiger charge is -1.94. The monoisotopic (exact) mass is 164 g/mol. The van der Waals surface area contributed by atoms with Gasteiger partial charge >= 0.3 is 0 Å². The first-order valence-electron chi connectivity index (χ1n) is 2.96. The van der Waals surface area contributed by atoms with E-state index in [1.54, 1.807) is 18.3 Å². The van der Waals surface area contributed by atoms with E-state index in [1.165, 1.54) is 0 Å². The van der Waals surface area contributed by atoms with Gasteiger partial charge in [0.25, 0.3) is 0 Å². The number of rotatable bonds is 1. The number of hydrogen-bond donors (Lipinski definition) is 0. The van der Waals surface area contributed by atoms with Gasteiger partial charge in [-0.3, -0.25) is 0 Å². The zero-order valence-electron chi connectivity index (χ0n) is 5.71. The van der Waals surface area contributed by atoms with Gasteiger partial charge in [0.05, 0.1) is 5.02 Å². The largest absolute Gasteiger partial charge is 0.243 e. The molecule has 0 bridgehead atoms. The molecule has 0 radical (unpaired) electrons. The molecular weight excluding hydrogens is 160 g/mol. The van der Waals surface area contributed by atoms with Gasteiger partial charge in [-0.15, -0.1) is 0 Å². The highest BCUT2D eigenvalue weighted by atomic mass is 35.5. The van der Waals surface area contributed by atoms with Crippen LogP contribution in [0.1, 0.15) is 11.3 Å². The number of nitriles is 1. The molecule has 0 aromatic carbocycles. The van der Waals surface area contributed by atoms with Gasteiger partial charge in [0.1, 0.15) is 6.07 Å². The zero-order chi connectivity index (χ0) is 8.27. The van der Waals surface area contributed by atoms with E-state index in [0.29, 0.717) is 5.02 Å². The van der Waals surface area contributed by atoms with Gasteiger partial charge < -0.3 is 0 Å². The van der Waals surface area contributed by atoms with Gasteiger partial charge in [0, 0.05) is 6.20 Å². The number of halogens is 1. The lowest BCUT2D eigenvalue weighted by molar-refractivity contribution is 1.26. The zero-order valence-corrected chi connectivity index (χ0v) is 6.47. The van der Waals surface area contributed by atoms with Gasteiger partial charge in [0.2, 0.25) is 0 Å². The summed E-state index contributed by atoms with van der Waals surface area (Å²) in [5.41, 5.74) is 1.06. The molecule has 0 amide bonds. The fourth-order valence-corrected chi connectivity index (χ4v) is 0.864. The Morgan fingerprint density at radius 1 is 1.73 bits per heavy atom. The highest BCUT2D eigenvalue weighted by Crippen LogP contribution is 2.14. The second-order valence-electron chi connectivity index (χ2n) is 1.92. The number of nitrogens with zero attached hydrogens (tertiary/aromatic N) is 2. The molecule has 0 N–H and O–H groups in total. The molecule has 1 heterocycles. The maximum absolute atomic E-state index is 8.46. The fraction of sp³-hybridized carbons (Fsp3) is 0. The molecule has 0 spiro atoms. The Morgan fingerprint density at radius 3 is 2.91 bits per heavy atom. The summed E-state index contributed by atoms with van der Waals surface area (Å²) in [5, 5.41) is 8.82. The van der Waals surface area contributed by atoms with Crippen LogP contribution in [0, 0.1) is 11.3 Å². The third-order valence-electron chi connectivity index (χ3n) is 1.20. The number of aromatic nitrogens is 1. The highest BCUT2D eigenvalue weighted by Gasteiger charge is 1.99. The molecule has 0 fully saturated rings. The molecule has 54 valence electrons. The number of hydrogen-bond acceptors (Lipinski definition) is 2. The lowest BCUT2D eigenvalue weighted by Crippen LogP contribution is -1.84. The molecule has 0 unspecified atom stereocenters. The average Bonchev–Trinajstić information content (AvgIpc) is 2.04. The minimum Gasteiger partial charge on any atom is -0.243 e. The summed E-state index contributed by atoms with van der Waals surface area (Å²) in [6.07, 6.45) is 3.18. The average molecular weight is 165 g/mol. The van der Waals surface area contributed by atoms with E-state index in [-0.39, 0.29) is 5.69 Å². The summed E-state index contributed by atoms with van der Waals surface area (Å²) < 4.78 is 0. The fourth-order valence-electron chi connectivity index (χ4n) is 0.647. The van der Waals surface area contributed by atoms with Crippen LogP contribution in [0.15, 0.2) is 18.8 Å². The van der Waals surface area contributed by atoms with Crippen molar-refractivity contribution in [2.75, 3.05) is 0 Å². The first-order valence-corrected chi connectivity index (χ1v) is 3.34. The van der Waals surface area contributed by atoms with Gasteiger partial charge in [-0.05, 0) is 11.6 Å². The Morgan fingerprint density at radius 2 is 2.45 bits per heavy atom. The molecule has 11 heavy (non-hydrogen) atoms. The van der Waals surface area contributed by atoms with Crippen molar-refractivity contribution in [3.05, 3.63) is 35.1 Å². The minimum atomic E-state index is 0.247. The topological polar surface area (TPSA) is 36.7 Å². The second-order valence-corrected chi connectivity index (χ2v) is 2.32. The van der Waals surface area contributed by atoms with E-state index in [9.17, 15) is 0 Å². The summed E-state index contributed by atoms with van der Waals surface area (Å²) in [7, 11) is 0. The third kappa shape index (κ3) is 1.57. The smallest absolute Gasteiger partial charge is 0.159 e. The lowest BCUT2D eigenvalue weighted by atomic mass is 10.2. The molecule has 0 saturated carbocycles. The Hall–Kier alpha value is -1.33. The second kappa shape index (κ2) is 3.18. The van der Waals surface area contributed by atoms with Gasteiger partial charge in [-0.2, -0.15) is 5.26 Å². The van der Waals surface area contributed by atoms with Crippen LogP contribution in [0.25, 0.3) is 6.08 Å². The summed E-state index contributed by atoms with van der Waals surface area (Å²) in [6, 6.07) is 3.52. The van der Waals surface area contributed by atoms with Crippen molar-refractivity contribution in [1.29, 1.82) is 5.26 Å². The van der Waals surface area contributed by atoms with E-state index >= 15 is 0 Å². The van der Waals surface area contributed by atoms with Crippen molar-refractivity contribution in [2.45, 2.75) is 0 Å². The first-order chi connectivity index (χ1) is 5.27. The van der Waals surface area contributed by atoms with E-state index in [2.05, 4.69) is 11.6 Å². The van der Waals surface area contributed by atoms with E-state index < -0.39 is 0 Å². The van der Waals surface area contributed by atoms with Gasteiger partial charge in [0.15, 0.2) is 5.69 Å². The van der Waals surface area contributed by atoms with Crippen molar-refractivity contribution >= 4 is 17.7 Å². The van der Waals surface area contributed by atoms with Crippen LogP contribution in [0.4, 0.5) is 0 Å². The molecule has 1 aromatic rings. The van der Waals surface area contributed by atoms with Crippen LogP contribution in [-0.2, 0) is 0 Å². The van der Waals surface area contributed by atoms with E-state index in [4.69, 9.17) is 16.9 Å². The van der Waals surface area contributed by atoms with Crippen LogP contribution in [-0.4, -0.2) is 4.98 Å². The normalized spacial score (nSPS) is 8.73. The summed E-state index contributed by atoms with van der Waals surface area (Å²) in [5.74, 6) is 0. The Kier molecular flexibility index (Phi) is 2.25. The summed E-state index contributed by atoms with van der Waals surface area (Å²) in [6.45, 7) is 3.55. The van der Waals surface area contributed by atoms with Gasteiger partial charge in [-0.1, -0.05) is 24.3 Å². The Labute approximate surface area is 69.8 Å². The molecule has 2 nitrogen and oxygen atoms in total. The first kappa shape index (κ1) is 7.77. The standard InChI is InChI=1S/C8H5ClN2/c1-2-6-3-7(9)8(4-10)11-5-6/h2-3,5H,1H2. The molecular formula is C8H5ClN2. The van der Waals surface area contributed by atoms with Crippen LogP contribution in [0.3, 0.4) is 0 Å². The maximum atomic E-state index is 8.46. The molecule has 3 heteroatoms. The summed E-state index contributed by atoms with van der Waals surface area (Å²) >= 11 is 5.68. The SMILES string of the molecule is C=Cc1cnc(C#N)c(Cl)c1. The van der Waals surface area contributed by atoms with Crippen molar-refractivity contribution < 1.29 is 0 Å². The van der Waals surface area contributed by atoms with Crippen molar-refractivity contribution in [3.63, 3.8) is 0 Å². The predicted octanol–water partition coefficient (Wildman–Crippen LogP) is 2.25. The molecule has 1 rings (SSSR count). The highest BCUT2D eigenvalue weighted by molar-refractivity contribution is 6.31. The van der Waals surface area contributed by atoms with Crippen LogP contribution < -0.4 is 0 Å². The Bertz CT molecular complexity index is 325. The Balaban J connectivity index is 3.22. The van der Waals surface area contributed by atoms with Crippen molar-refractivity contribution in [1.82, 2.24) is 4.98 Å². The van der Waals surface area contributed by atoms with Gasteiger partial charge in [-0.25, -0.2) is 4.98 Å². The van der Waals surface area contributed by atoms with Crippen LogP contribution in [0.5, 0.6) is 0 Å². The number of pyridine rings is 1. The minimum absolute atomic E-state index is 0.247. The van der Waals surface area contributed by atoms with Crippen LogP contribution in [0.2, 0.25) is 5.02 Å². The molecule has 0 aliphatic rings. The molecule has 0 saturated heterocycles. The molecule has 0 atom stereocenters. The maximum Gasteiger partial charge on any atom is 0.159 e. The van der Waals surface area contributed by atoms with E-state index in [1.807, 2.05) is 6.07 Å². The van der Waals surface area contributed by atoms with E-state index in [0.717, 1.165) is 5.56 Å².